The molecule has 0 atom stereocenters. The van der Waals surface area contributed by atoms with E-state index in [0.717, 1.165) is 40.8 Å². The molecule has 0 unspecified atom stereocenters. The SMILES string of the molecule is Cn1c(=O)n(CCC(=O)N2CCCc3c(N)cccc32)c2ccccc21. The first-order chi connectivity index (χ1) is 12.6. The molecular formula is C20H22N4O2. The van der Waals surface area contributed by atoms with Crippen molar-refractivity contribution in [1.82, 2.24) is 9.13 Å². The summed E-state index contributed by atoms with van der Waals surface area (Å²) < 4.78 is 3.30. The summed E-state index contributed by atoms with van der Waals surface area (Å²) in [5.41, 5.74) is 10.4. The van der Waals surface area contributed by atoms with Gasteiger partial charge < -0.3 is 10.6 Å². The number of nitrogens with two attached hydrogens (primary N) is 1. The van der Waals surface area contributed by atoms with Gasteiger partial charge in [0.2, 0.25) is 5.91 Å². The highest BCUT2D eigenvalue weighted by Crippen LogP contribution is 2.31. The Hall–Kier alpha value is -3.02. The van der Waals surface area contributed by atoms with E-state index in [1.807, 2.05) is 47.4 Å². The Labute approximate surface area is 151 Å². The van der Waals surface area contributed by atoms with Gasteiger partial charge >= 0.3 is 5.69 Å². The number of nitrogens with zero attached hydrogens (tertiary/aromatic N) is 3. The van der Waals surface area contributed by atoms with Crippen molar-refractivity contribution in [2.45, 2.75) is 25.8 Å². The Bertz CT molecular complexity index is 1050. The van der Waals surface area contributed by atoms with E-state index < -0.39 is 0 Å². The first kappa shape index (κ1) is 16.4. The highest BCUT2D eigenvalue weighted by Gasteiger charge is 2.24. The molecular weight excluding hydrogens is 328 g/mol. The summed E-state index contributed by atoms with van der Waals surface area (Å²) in [7, 11) is 1.76. The summed E-state index contributed by atoms with van der Waals surface area (Å²) in [6.07, 6.45) is 2.08. The molecule has 0 saturated heterocycles. The van der Waals surface area contributed by atoms with E-state index in [4.69, 9.17) is 5.73 Å². The van der Waals surface area contributed by atoms with Gasteiger partial charge in [-0.05, 0) is 42.7 Å². The van der Waals surface area contributed by atoms with Crippen molar-refractivity contribution in [2.75, 3.05) is 17.2 Å². The number of nitrogen functional groups attached to an aromatic ring is 1. The summed E-state index contributed by atoms with van der Waals surface area (Å²) in [6.45, 7) is 1.06. The van der Waals surface area contributed by atoms with Crippen LogP contribution in [0.25, 0.3) is 11.0 Å². The lowest BCUT2D eigenvalue weighted by molar-refractivity contribution is -0.118. The number of anilines is 2. The Morgan fingerprint density at radius 2 is 1.88 bits per heavy atom. The van der Waals surface area contributed by atoms with Crippen molar-refractivity contribution in [1.29, 1.82) is 0 Å². The van der Waals surface area contributed by atoms with Crippen LogP contribution in [0.1, 0.15) is 18.4 Å². The molecule has 26 heavy (non-hydrogen) atoms. The van der Waals surface area contributed by atoms with Crippen LogP contribution in [0.2, 0.25) is 0 Å². The molecule has 2 N–H and O–H groups in total. The van der Waals surface area contributed by atoms with Crippen molar-refractivity contribution < 1.29 is 4.79 Å². The lowest BCUT2D eigenvalue weighted by Gasteiger charge is -2.30. The number of aromatic nitrogens is 2. The third kappa shape index (κ3) is 2.58. The topological polar surface area (TPSA) is 73.3 Å². The quantitative estimate of drug-likeness (QED) is 0.737. The van der Waals surface area contributed by atoms with Crippen LogP contribution < -0.4 is 16.3 Å². The van der Waals surface area contributed by atoms with Crippen LogP contribution in [-0.4, -0.2) is 21.6 Å². The van der Waals surface area contributed by atoms with E-state index in [9.17, 15) is 9.59 Å². The number of benzene rings is 2. The number of amides is 1. The summed E-state index contributed by atoms with van der Waals surface area (Å²) in [5.74, 6) is 0.0244. The Morgan fingerprint density at radius 3 is 2.69 bits per heavy atom. The second-order valence-electron chi connectivity index (χ2n) is 6.73. The minimum Gasteiger partial charge on any atom is -0.398 e. The molecule has 4 rings (SSSR count). The van der Waals surface area contributed by atoms with Gasteiger partial charge in [-0.3, -0.25) is 13.9 Å². The zero-order valence-corrected chi connectivity index (χ0v) is 14.8. The first-order valence-electron chi connectivity index (χ1n) is 8.90. The van der Waals surface area contributed by atoms with E-state index in [2.05, 4.69) is 0 Å². The molecule has 134 valence electrons. The number of fused-ring (bicyclic) bond motifs is 2. The fourth-order valence-electron chi connectivity index (χ4n) is 3.83. The van der Waals surface area contributed by atoms with Crippen molar-refractivity contribution in [3.63, 3.8) is 0 Å². The van der Waals surface area contributed by atoms with Crippen LogP contribution in [0, 0.1) is 0 Å². The van der Waals surface area contributed by atoms with Gasteiger partial charge in [0.05, 0.1) is 11.0 Å². The molecule has 3 aromatic rings. The number of para-hydroxylation sites is 2. The molecule has 0 radical (unpaired) electrons. The number of aryl methyl sites for hydroxylation is 2. The molecule has 0 spiro atoms. The minimum absolute atomic E-state index is 0.0244. The maximum atomic E-state index is 12.9. The fourth-order valence-corrected chi connectivity index (χ4v) is 3.83. The van der Waals surface area contributed by atoms with E-state index in [1.165, 1.54) is 0 Å². The smallest absolute Gasteiger partial charge is 0.328 e. The van der Waals surface area contributed by atoms with Gasteiger partial charge in [-0.2, -0.15) is 0 Å². The van der Waals surface area contributed by atoms with E-state index >= 15 is 0 Å². The standard InChI is InChI=1S/C20H22N4O2/c1-22-17-8-2-3-9-18(17)24(20(22)26)13-11-19(25)23-12-5-6-14-15(21)7-4-10-16(14)23/h2-4,7-10H,5-6,11-13,21H2,1H3. The van der Waals surface area contributed by atoms with Gasteiger partial charge in [-0.1, -0.05) is 18.2 Å². The van der Waals surface area contributed by atoms with Gasteiger partial charge in [-0.15, -0.1) is 0 Å². The molecule has 1 aliphatic rings. The van der Waals surface area contributed by atoms with Crippen LogP contribution in [0.5, 0.6) is 0 Å². The van der Waals surface area contributed by atoms with Gasteiger partial charge in [0, 0.05) is 37.9 Å². The second kappa shape index (κ2) is 6.37. The van der Waals surface area contributed by atoms with Gasteiger partial charge in [0.15, 0.2) is 0 Å². The summed E-state index contributed by atoms with van der Waals surface area (Å²) in [4.78, 5) is 27.2. The van der Waals surface area contributed by atoms with Crippen molar-refractivity contribution in [3.8, 4) is 0 Å². The average Bonchev–Trinajstić information content (AvgIpc) is 2.91. The predicted octanol–water partition coefficient (Wildman–Crippen LogP) is 2.29. The monoisotopic (exact) mass is 350 g/mol. The summed E-state index contributed by atoms with van der Waals surface area (Å²) in [6, 6.07) is 13.4. The fraction of sp³-hybridized carbons (Fsp3) is 0.300. The number of hydrogen-bond donors (Lipinski definition) is 1. The van der Waals surface area contributed by atoms with Crippen molar-refractivity contribution in [3.05, 3.63) is 58.5 Å². The zero-order valence-electron chi connectivity index (χ0n) is 14.8. The molecule has 1 amide bonds. The number of carbonyl (C=O) groups excluding carboxylic acids is 1. The first-order valence-corrected chi connectivity index (χ1v) is 8.90. The lowest BCUT2D eigenvalue weighted by Crippen LogP contribution is -2.36. The van der Waals surface area contributed by atoms with Crippen molar-refractivity contribution >= 4 is 28.3 Å². The largest absolute Gasteiger partial charge is 0.398 e. The molecule has 0 bridgehead atoms. The predicted molar refractivity (Wildman–Crippen MR) is 103 cm³/mol. The third-order valence-electron chi connectivity index (χ3n) is 5.19. The van der Waals surface area contributed by atoms with Crippen LogP contribution in [0.3, 0.4) is 0 Å². The number of imidazole rings is 1. The molecule has 6 heteroatoms. The molecule has 0 fully saturated rings. The maximum absolute atomic E-state index is 12.9. The highest BCUT2D eigenvalue weighted by atomic mass is 16.2. The van der Waals surface area contributed by atoms with Crippen molar-refractivity contribution in [2.24, 2.45) is 7.05 Å². The van der Waals surface area contributed by atoms with Gasteiger partial charge in [0.1, 0.15) is 0 Å². The van der Waals surface area contributed by atoms with E-state index in [-0.39, 0.29) is 18.0 Å². The molecule has 6 nitrogen and oxygen atoms in total. The number of rotatable bonds is 3. The molecule has 1 aromatic heterocycles. The molecule has 2 heterocycles. The number of hydrogen-bond acceptors (Lipinski definition) is 3. The minimum atomic E-state index is -0.0951. The van der Waals surface area contributed by atoms with Crippen LogP contribution in [0.15, 0.2) is 47.3 Å². The van der Waals surface area contributed by atoms with E-state index in [1.54, 1.807) is 16.2 Å². The molecule has 1 aliphatic heterocycles. The molecule has 2 aromatic carbocycles. The summed E-state index contributed by atoms with van der Waals surface area (Å²) >= 11 is 0. The summed E-state index contributed by atoms with van der Waals surface area (Å²) in [5, 5.41) is 0. The maximum Gasteiger partial charge on any atom is 0.328 e. The molecule has 0 saturated carbocycles. The number of carbonyl (C=O) groups is 1. The highest BCUT2D eigenvalue weighted by molar-refractivity contribution is 5.95. The zero-order chi connectivity index (χ0) is 18.3. The van der Waals surface area contributed by atoms with Crippen LogP contribution in [0.4, 0.5) is 11.4 Å². The Kier molecular flexibility index (Phi) is 4.03. The Balaban J connectivity index is 1.59. The van der Waals surface area contributed by atoms with Crippen LogP contribution >= 0.6 is 0 Å². The lowest BCUT2D eigenvalue weighted by atomic mass is 9.99. The van der Waals surface area contributed by atoms with Crippen LogP contribution in [-0.2, 0) is 24.8 Å². The molecule has 0 aliphatic carbocycles. The normalized spacial score (nSPS) is 13.8. The second-order valence-corrected chi connectivity index (χ2v) is 6.73. The van der Waals surface area contributed by atoms with Gasteiger partial charge in [0.25, 0.3) is 0 Å². The third-order valence-corrected chi connectivity index (χ3v) is 5.19. The average molecular weight is 350 g/mol. The van der Waals surface area contributed by atoms with E-state index in [0.29, 0.717) is 13.1 Å². The Morgan fingerprint density at radius 1 is 1.12 bits per heavy atom. The van der Waals surface area contributed by atoms with Gasteiger partial charge in [-0.25, -0.2) is 4.79 Å².